The first kappa shape index (κ1) is 16.6. The van der Waals surface area contributed by atoms with E-state index in [9.17, 15) is 30.7 Å². The van der Waals surface area contributed by atoms with Crippen molar-refractivity contribution < 1.29 is 30.7 Å². The maximum atomic E-state index is 13.1. The molecule has 102 valence electrons. The summed E-state index contributed by atoms with van der Waals surface area (Å²) in [6, 6.07) is 0. The Balaban J connectivity index is 5.36. The van der Waals surface area contributed by atoms with Crippen molar-refractivity contribution in [3.05, 3.63) is 11.6 Å². The monoisotopic (exact) mass is 284 g/mol. The third-order valence-electron chi connectivity index (χ3n) is 2.03. The standard InChI is InChI=1S/C9H11F7S/c1-3-6(4-5-17-2)7(10,11)8(12,13)9(14,15)16/h4H,3,5H2,1-2H3. The van der Waals surface area contributed by atoms with Crippen LogP contribution in [-0.4, -0.2) is 30.0 Å². The van der Waals surface area contributed by atoms with E-state index in [1.54, 1.807) is 0 Å². The number of hydrogen-bond donors (Lipinski definition) is 0. The Labute approximate surface area is 98.3 Å². The smallest absolute Gasteiger partial charge is 0.194 e. The highest BCUT2D eigenvalue weighted by Crippen LogP contribution is 2.50. The van der Waals surface area contributed by atoms with E-state index in [0.29, 0.717) is 6.08 Å². The summed E-state index contributed by atoms with van der Waals surface area (Å²) in [5.74, 6) is -11.3. The molecule has 0 N–H and O–H groups in total. The van der Waals surface area contributed by atoms with Crippen molar-refractivity contribution in [3.8, 4) is 0 Å². The summed E-state index contributed by atoms with van der Waals surface area (Å²) in [4.78, 5) is 0. The highest BCUT2D eigenvalue weighted by atomic mass is 32.2. The Kier molecular flexibility index (Phi) is 5.37. The van der Waals surface area contributed by atoms with Crippen LogP contribution >= 0.6 is 11.8 Å². The summed E-state index contributed by atoms with van der Waals surface area (Å²) >= 11 is 1.04. The number of alkyl halides is 7. The summed E-state index contributed by atoms with van der Waals surface area (Å²) in [7, 11) is 0. The largest absolute Gasteiger partial charge is 0.460 e. The topological polar surface area (TPSA) is 0 Å². The Morgan fingerprint density at radius 3 is 1.82 bits per heavy atom. The van der Waals surface area contributed by atoms with Gasteiger partial charge in [-0.1, -0.05) is 13.0 Å². The zero-order chi connectivity index (χ0) is 13.9. The van der Waals surface area contributed by atoms with E-state index in [2.05, 4.69) is 0 Å². The van der Waals surface area contributed by atoms with Gasteiger partial charge in [-0.15, -0.1) is 0 Å². The fraction of sp³-hybridized carbons (Fsp3) is 0.778. The predicted molar refractivity (Wildman–Crippen MR) is 52.7 cm³/mol. The Morgan fingerprint density at radius 2 is 1.53 bits per heavy atom. The van der Waals surface area contributed by atoms with Gasteiger partial charge in [0, 0.05) is 11.3 Å². The van der Waals surface area contributed by atoms with Crippen LogP contribution in [0.4, 0.5) is 30.7 Å². The fourth-order valence-corrected chi connectivity index (χ4v) is 1.43. The molecule has 0 spiro atoms. The third kappa shape index (κ3) is 3.29. The van der Waals surface area contributed by atoms with Crippen LogP contribution in [0.15, 0.2) is 11.6 Å². The number of hydrogen-bond acceptors (Lipinski definition) is 1. The van der Waals surface area contributed by atoms with Gasteiger partial charge in [-0.25, -0.2) is 0 Å². The zero-order valence-corrected chi connectivity index (χ0v) is 9.86. The second-order valence-electron chi connectivity index (χ2n) is 3.18. The molecule has 0 heterocycles. The molecule has 0 aliphatic rings. The summed E-state index contributed by atoms with van der Waals surface area (Å²) in [6.45, 7) is 1.10. The van der Waals surface area contributed by atoms with E-state index >= 15 is 0 Å². The quantitative estimate of drug-likeness (QED) is 0.528. The van der Waals surface area contributed by atoms with Crippen molar-refractivity contribution in [2.75, 3.05) is 12.0 Å². The molecule has 0 amide bonds. The Bertz CT molecular complexity index is 280. The number of rotatable bonds is 5. The molecule has 0 aromatic rings. The van der Waals surface area contributed by atoms with Crippen LogP contribution in [0.2, 0.25) is 0 Å². The van der Waals surface area contributed by atoms with Gasteiger partial charge in [0.2, 0.25) is 0 Å². The minimum absolute atomic E-state index is 0.0489. The molecule has 0 aliphatic carbocycles. The van der Waals surface area contributed by atoms with Gasteiger partial charge < -0.3 is 0 Å². The minimum atomic E-state index is -6.27. The first-order valence-corrected chi connectivity index (χ1v) is 5.92. The van der Waals surface area contributed by atoms with Gasteiger partial charge in [0.15, 0.2) is 0 Å². The van der Waals surface area contributed by atoms with E-state index in [1.165, 1.54) is 6.26 Å². The van der Waals surface area contributed by atoms with Gasteiger partial charge in [-0.3, -0.25) is 0 Å². The maximum absolute atomic E-state index is 13.1. The highest BCUT2D eigenvalue weighted by molar-refractivity contribution is 7.98. The van der Waals surface area contributed by atoms with Crippen LogP contribution in [-0.2, 0) is 0 Å². The second-order valence-corrected chi connectivity index (χ2v) is 4.10. The van der Waals surface area contributed by atoms with E-state index in [0.717, 1.165) is 18.7 Å². The Morgan fingerprint density at radius 1 is 1.06 bits per heavy atom. The summed E-state index contributed by atoms with van der Waals surface area (Å²) < 4.78 is 87.2. The average molecular weight is 284 g/mol. The zero-order valence-electron chi connectivity index (χ0n) is 9.05. The first-order chi connectivity index (χ1) is 7.52. The van der Waals surface area contributed by atoms with E-state index in [4.69, 9.17) is 0 Å². The molecule has 0 radical (unpaired) electrons. The molecule has 0 aromatic carbocycles. The number of thioether (sulfide) groups is 1. The number of allylic oxidation sites excluding steroid dienone is 1. The van der Waals surface area contributed by atoms with Gasteiger partial charge in [0.05, 0.1) is 0 Å². The van der Waals surface area contributed by atoms with Gasteiger partial charge in [-0.2, -0.15) is 42.5 Å². The molecule has 0 rings (SSSR count). The third-order valence-corrected chi connectivity index (χ3v) is 2.53. The molecule has 0 aromatic heterocycles. The SMILES string of the molecule is CCC(=CCSC)C(F)(F)C(F)(F)C(F)(F)F. The molecule has 0 aliphatic heterocycles. The van der Waals surface area contributed by atoms with Gasteiger partial charge >= 0.3 is 18.0 Å². The Hall–Kier alpha value is -0.400. The normalized spacial score (nSPS) is 15.2. The van der Waals surface area contributed by atoms with Crippen molar-refractivity contribution in [2.45, 2.75) is 31.4 Å². The lowest BCUT2D eigenvalue weighted by Crippen LogP contribution is -2.52. The van der Waals surface area contributed by atoms with E-state index in [1.807, 2.05) is 0 Å². The van der Waals surface area contributed by atoms with Crippen molar-refractivity contribution in [1.29, 1.82) is 0 Å². The highest BCUT2D eigenvalue weighted by Gasteiger charge is 2.73. The van der Waals surface area contributed by atoms with Gasteiger partial charge in [0.1, 0.15) is 0 Å². The molecule has 17 heavy (non-hydrogen) atoms. The molecule has 0 nitrogen and oxygen atoms in total. The lowest BCUT2D eigenvalue weighted by molar-refractivity contribution is -0.344. The minimum Gasteiger partial charge on any atom is -0.194 e. The molecule has 0 bridgehead atoms. The van der Waals surface area contributed by atoms with E-state index in [-0.39, 0.29) is 5.75 Å². The summed E-state index contributed by atoms with van der Waals surface area (Å²) in [5.41, 5.74) is -1.20. The lowest BCUT2D eigenvalue weighted by Gasteiger charge is -2.29. The van der Waals surface area contributed by atoms with Crippen LogP contribution in [0.25, 0.3) is 0 Å². The second kappa shape index (κ2) is 5.49. The van der Waals surface area contributed by atoms with Crippen molar-refractivity contribution >= 4 is 11.8 Å². The van der Waals surface area contributed by atoms with Crippen LogP contribution < -0.4 is 0 Å². The van der Waals surface area contributed by atoms with Crippen LogP contribution in [0.5, 0.6) is 0 Å². The summed E-state index contributed by atoms with van der Waals surface area (Å²) in [6.07, 6.45) is -4.61. The molecule has 0 saturated heterocycles. The van der Waals surface area contributed by atoms with Crippen molar-refractivity contribution in [2.24, 2.45) is 0 Å². The van der Waals surface area contributed by atoms with E-state index < -0.39 is 30.0 Å². The summed E-state index contributed by atoms with van der Waals surface area (Å²) in [5, 5.41) is 0. The van der Waals surface area contributed by atoms with Crippen molar-refractivity contribution in [1.82, 2.24) is 0 Å². The molecular weight excluding hydrogens is 273 g/mol. The first-order valence-electron chi connectivity index (χ1n) is 4.53. The molecule has 0 fully saturated rings. The van der Waals surface area contributed by atoms with Gasteiger partial charge in [-0.05, 0) is 12.7 Å². The molecule has 0 saturated carbocycles. The molecular formula is C9H11F7S. The maximum Gasteiger partial charge on any atom is 0.460 e. The lowest BCUT2D eigenvalue weighted by atomic mass is 9.99. The number of halogens is 7. The molecule has 0 unspecified atom stereocenters. The van der Waals surface area contributed by atoms with Crippen molar-refractivity contribution in [3.63, 3.8) is 0 Å². The molecule has 8 heteroatoms. The predicted octanol–water partition coefficient (Wildman–Crippen LogP) is 4.52. The average Bonchev–Trinajstić information content (AvgIpc) is 2.16. The van der Waals surface area contributed by atoms with Crippen LogP contribution in [0, 0.1) is 0 Å². The van der Waals surface area contributed by atoms with Crippen LogP contribution in [0.3, 0.4) is 0 Å². The molecule has 0 atom stereocenters. The van der Waals surface area contributed by atoms with Gasteiger partial charge in [0.25, 0.3) is 0 Å². The fourth-order valence-electron chi connectivity index (χ4n) is 1.06. The van der Waals surface area contributed by atoms with Crippen LogP contribution in [0.1, 0.15) is 13.3 Å².